The van der Waals surface area contributed by atoms with Crippen LogP contribution in [0, 0.1) is 0 Å². The van der Waals surface area contributed by atoms with Gasteiger partial charge in [0.25, 0.3) is 0 Å². The molecule has 3 rings (SSSR count). The molecule has 11 heteroatoms. The summed E-state index contributed by atoms with van der Waals surface area (Å²) in [6.07, 6.45) is 1.52. The molecule has 2 aromatic rings. The van der Waals surface area contributed by atoms with Crippen molar-refractivity contribution in [2.75, 3.05) is 20.8 Å². The molecule has 0 amide bonds. The van der Waals surface area contributed by atoms with Crippen LogP contribution in [0.5, 0.6) is 23.0 Å². The molecule has 0 bridgehead atoms. The second kappa shape index (κ2) is 8.84. The summed E-state index contributed by atoms with van der Waals surface area (Å²) >= 11 is 0. The van der Waals surface area contributed by atoms with Crippen molar-refractivity contribution in [3.8, 4) is 23.0 Å². The van der Waals surface area contributed by atoms with Crippen LogP contribution >= 0.6 is 0 Å². The Bertz CT molecular complexity index is 1120. The number of phenolic OH excluding ortho intramolecular Hbond substituents is 1. The van der Waals surface area contributed by atoms with E-state index in [9.17, 15) is 18.3 Å². The van der Waals surface area contributed by atoms with E-state index in [1.807, 2.05) is 0 Å². The minimum absolute atomic E-state index is 0.0915. The molecule has 0 radical (unpaired) electrons. The summed E-state index contributed by atoms with van der Waals surface area (Å²) < 4.78 is 52.6. The molecule has 10 nitrogen and oxygen atoms in total. The van der Waals surface area contributed by atoms with Gasteiger partial charge in [-0.1, -0.05) is 6.07 Å². The monoisotopic (exact) mass is 452 g/mol. The number of methoxy groups -OCH3 is 2. The average molecular weight is 452 g/mol. The zero-order chi connectivity index (χ0) is 22.8. The first kappa shape index (κ1) is 22.4. The quantitative estimate of drug-likeness (QED) is 0.403. The van der Waals surface area contributed by atoms with E-state index < -0.39 is 35.0 Å². The third kappa shape index (κ3) is 5.08. The number of carbonyl (C=O) groups is 1. The predicted octanol–water partition coefficient (Wildman–Crippen LogP) is 2.54. The van der Waals surface area contributed by atoms with Gasteiger partial charge in [-0.05, 0) is 41.5 Å². The van der Waals surface area contributed by atoms with Gasteiger partial charge in [-0.3, -0.25) is 4.55 Å². The number of carboxylic acid groups (broad SMARTS) is 1. The summed E-state index contributed by atoms with van der Waals surface area (Å²) in [6, 6.07) is 7.70. The van der Waals surface area contributed by atoms with E-state index in [4.69, 9.17) is 23.9 Å². The summed E-state index contributed by atoms with van der Waals surface area (Å²) in [4.78, 5) is 10.9. The molecule has 0 saturated heterocycles. The molecule has 31 heavy (non-hydrogen) atoms. The number of fused-ring (bicyclic) bond motifs is 1. The number of aromatic hydroxyl groups is 1. The van der Waals surface area contributed by atoms with Gasteiger partial charge in [0, 0.05) is 11.6 Å². The Morgan fingerprint density at radius 3 is 2.48 bits per heavy atom. The lowest BCUT2D eigenvalue weighted by Crippen LogP contribution is -2.18. The highest BCUT2D eigenvalue weighted by Gasteiger charge is 2.39. The van der Waals surface area contributed by atoms with E-state index in [0.717, 1.165) is 6.08 Å². The van der Waals surface area contributed by atoms with Gasteiger partial charge < -0.3 is 24.4 Å². The van der Waals surface area contributed by atoms with E-state index in [2.05, 4.69) is 4.18 Å². The first-order valence-corrected chi connectivity index (χ1v) is 10.3. The van der Waals surface area contributed by atoms with Crippen LogP contribution in [0.2, 0.25) is 0 Å². The summed E-state index contributed by atoms with van der Waals surface area (Å²) in [5, 5.41) is 18.8. The number of hydrogen-bond donors (Lipinski definition) is 3. The lowest BCUT2D eigenvalue weighted by Gasteiger charge is -2.19. The van der Waals surface area contributed by atoms with Crippen molar-refractivity contribution in [1.82, 2.24) is 0 Å². The summed E-state index contributed by atoms with van der Waals surface area (Å²) in [5.41, 5.74) is 1.51. The lowest BCUT2D eigenvalue weighted by molar-refractivity contribution is -0.131. The Labute approximate surface area is 178 Å². The highest BCUT2D eigenvalue weighted by atomic mass is 32.3. The van der Waals surface area contributed by atoms with Crippen LogP contribution in [0.4, 0.5) is 0 Å². The number of carboxylic acids is 1. The maximum absolute atomic E-state index is 11.2. The van der Waals surface area contributed by atoms with Gasteiger partial charge in [-0.2, -0.15) is 8.42 Å². The molecule has 1 aliphatic rings. The molecule has 0 aliphatic carbocycles. The zero-order valence-electron chi connectivity index (χ0n) is 16.5. The third-order valence-corrected chi connectivity index (χ3v) is 5.12. The molecule has 0 spiro atoms. The van der Waals surface area contributed by atoms with Gasteiger partial charge in [0.15, 0.2) is 23.0 Å². The van der Waals surface area contributed by atoms with Crippen molar-refractivity contribution in [3.63, 3.8) is 0 Å². The van der Waals surface area contributed by atoms with Gasteiger partial charge in [-0.25, -0.2) is 8.98 Å². The number of rotatable bonds is 8. The smallest absolute Gasteiger partial charge is 0.397 e. The second-order valence-electron chi connectivity index (χ2n) is 6.60. The summed E-state index contributed by atoms with van der Waals surface area (Å²) in [6.45, 7) is -0.463. The van der Waals surface area contributed by atoms with Crippen molar-refractivity contribution in [1.29, 1.82) is 0 Å². The topological polar surface area (TPSA) is 149 Å². The predicted molar refractivity (Wildman–Crippen MR) is 108 cm³/mol. The van der Waals surface area contributed by atoms with E-state index in [-0.39, 0.29) is 11.5 Å². The number of ether oxygens (including phenoxy) is 3. The number of phenols is 1. The molecule has 2 aromatic carbocycles. The van der Waals surface area contributed by atoms with E-state index >= 15 is 0 Å². The molecule has 0 aromatic heterocycles. The van der Waals surface area contributed by atoms with E-state index in [1.54, 1.807) is 18.2 Å². The van der Waals surface area contributed by atoms with Gasteiger partial charge in [0.05, 0.1) is 26.7 Å². The van der Waals surface area contributed by atoms with Crippen molar-refractivity contribution < 1.29 is 46.4 Å². The number of benzene rings is 2. The van der Waals surface area contributed by atoms with Gasteiger partial charge in [-0.15, -0.1) is 0 Å². The van der Waals surface area contributed by atoms with Crippen LogP contribution in [0.1, 0.15) is 28.7 Å². The Balaban J connectivity index is 2.10. The van der Waals surface area contributed by atoms with Gasteiger partial charge in [0.1, 0.15) is 6.10 Å². The van der Waals surface area contributed by atoms with E-state index in [0.29, 0.717) is 28.2 Å². The number of aliphatic carboxylic acids is 1. The second-order valence-corrected chi connectivity index (χ2v) is 7.69. The Morgan fingerprint density at radius 1 is 1.16 bits per heavy atom. The van der Waals surface area contributed by atoms with Crippen LogP contribution in [0.3, 0.4) is 0 Å². The van der Waals surface area contributed by atoms with Crippen LogP contribution in [-0.4, -0.2) is 50.0 Å². The Kier molecular flexibility index (Phi) is 6.39. The average Bonchev–Trinajstić information content (AvgIpc) is 3.08. The van der Waals surface area contributed by atoms with Gasteiger partial charge in [0.2, 0.25) is 0 Å². The normalized spacial score (nSPS) is 17.9. The summed E-state index contributed by atoms with van der Waals surface area (Å²) in [5.74, 6) is -1.16. The molecule has 1 aliphatic heterocycles. The van der Waals surface area contributed by atoms with Crippen molar-refractivity contribution >= 4 is 22.4 Å². The maximum atomic E-state index is 11.2. The first-order valence-electron chi connectivity index (χ1n) is 8.91. The minimum Gasteiger partial charge on any atom is -0.504 e. The summed E-state index contributed by atoms with van der Waals surface area (Å²) in [7, 11) is -1.94. The molecule has 2 atom stereocenters. The van der Waals surface area contributed by atoms with Crippen molar-refractivity contribution in [3.05, 3.63) is 53.1 Å². The molecule has 1 heterocycles. The molecule has 166 valence electrons. The van der Waals surface area contributed by atoms with E-state index in [1.165, 1.54) is 32.4 Å². The maximum Gasteiger partial charge on any atom is 0.397 e. The standard InChI is InChI=1S/C20H20O10S/c1-27-16-9-12(4-5-15(16)21)19-14(10-29-31(24,25)26)13-7-11(3-6-18(22)23)8-17(28-2)20(13)30-19/h3-9,14,19,21H,10H2,1-2H3,(H,22,23)(H,24,25,26). The molecule has 3 N–H and O–H groups in total. The van der Waals surface area contributed by atoms with Crippen molar-refractivity contribution in [2.24, 2.45) is 0 Å². The molecule has 0 fully saturated rings. The highest BCUT2D eigenvalue weighted by molar-refractivity contribution is 7.80. The molecule has 0 saturated carbocycles. The highest BCUT2D eigenvalue weighted by Crippen LogP contribution is 2.51. The molecular formula is C20H20O10S. The van der Waals surface area contributed by atoms with Crippen LogP contribution < -0.4 is 14.2 Å². The minimum atomic E-state index is -4.73. The SMILES string of the molecule is COc1cc(C2Oc3c(OC)cc(C=CC(=O)O)cc3C2COS(=O)(=O)O)ccc1O. The largest absolute Gasteiger partial charge is 0.504 e. The van der Waals surface area contributed by atoms with Gasteiger partial charge >= 0.3 is 16.4 Å². The van der Waals surface area contributed by atoms with Crippen LogP contribution in [-0.2, 0) is 19.4 Å². The van der Waals surface area contributed by atoms with Crippen LogP contribution in [0.25, 0.3) is 6.08 Å². The fourth-order valence-corrected chi connectivity index (χ4v) is 3.66. The third-order valence-electron chi connectivity index (χ3n) is 4.68. The first-order chi connectivity index (χ1) is 14.6. The molecule has 2 unspecified atom stereocenters. The number of hydrogen-bond acceptors (Lipinski definition) is 8. The molecular weight excluding hydrogens is 432 g/mol. The fraction of sp³-hybridized carbons (Fsp3) is 0.250. The Morgan fingerprint density at radius 2 is 1.87 bits per heavy atom. The zero-order valence-corrected chi connectivity index (χ0v) is 17.3. The fourth-order valence-electron chi connectivity index (χ4n) is 3.34. The van der Waals surface area contributed by atoms with Crippen LogP contribution in [0.15, 0.2) is 36.4 Å². The lowest BCUT2D eigenvalue weighted by atomic mass is 9.90. The van der Waals surface area contributed by atoms with Crippen molar-refractivity contribution in [2.45, 2.75) is 12.0 Å². The Hall–Kier alpha value is -3.28.